The maximum atomic E-state index is 12.9. The first-order valence-electron chi connectivity index (χ1n) is 8.90. The van der Waals surface area contributed by atoms with Crippen LogP contribution in [0.4, 0.5) is 0 Å². The monoisotopic (exact) mass is 346 g/mol. The highest BCUT2D eigenvalue weighted by Gasteiger charge is 2.31. The summed E-state index contributed by atoms with van der Waals surface area (Å²) < 4.78 is 4.86. The van der Waals surface area contributed by atoms with E-state index < -0.39 is 0 Å². The first-order chi connectivity index (χ1) is 11.9. The zero-order chi connectivity index (χ0) is 18.1. The standard InChI is InChI=1S/C17H26N6O2/c1-5-22-14(8-9-18-22)16(24)21-10-6-7-13(11-21)15-19-20(4)17(25)23(15)12(2)3/h8-9,12-13H,5-7,10-11H2,1-4H3. The summed E-state index contributed by atoms with van der Waals surface area (Å²) in [6.07, 6.45) is 3.49. The van der Waals surface area contributed by atoms with E-state index in [-0.39, 0.29) is 23.6 Å². The van der Waals surface area contributed by atoms with Crippen molar-refractivity contribution in [1.82, 2.24) is 29.0 Å². The highest BCUT2D eigenvalue weighted by atomic mass is 16.2. The number of nitrogens with zero attached hydrogens (tertiary/aromatic N) is 6. The van der Waals surface area contributed by atoms with Gasteiger partial charge >= 0.3 is 5.69 Å². The van der Waals surface area contributed by atoms with Crippen LogP contribution in [0.25, 0.3) is 0 Å². The van der Waals surface area contributed by atoms with Gasteiger partial charge in [-0.05, 0) is 39.7 Å². The lowest BCUT2D eigenvalue weighted by atomic mass is 9.96. The van der Waals surface area contributed by atoms with E-state index in [1.54, 1.807) is 28.6 Å². The lowest BCUT2D eigenvalue weighted by molar-refractivity contribution is 0.0690. The molecule has 2 aromatic heterocycles. The molecule has 8 nitrogen and oxygen atoms in total. The molecule has 2 aromatic rings. The van der Waals surface area contributed by atoms with E-state index in [9.17, 15) is 9.59 Å². The highest BCUT2D eigenvalue weighted by molar-refractivity contribution is 5.92. The van der Waals surface area contributed by atoms with E-state index >= 15 is 0 Å². The topological polar surface area (TPSA) is 78.0 Å². The quantitative estimate of drug-likeness (QED) is 0.838. The number of amides is 1. The van der Waals surface area contributed by atoms with Gasteiger partial charge < -0.3 is 4.90 Å². The van der Waals surface area contributed by atoms with Gasteiger partial charge in [-0.2, -0.15) is 10.2 Å². The van der Waals surface area contributed by atoms with Gasteiger partial charge in [0.25, 0.3) is 5.91 Å². The average molecular weight is 346 g/mol. The summed E-state index contributed by atoms with van der Waals surface area (Å²) in [5.74, 6) is 0.856. The van der Waals surface area contributed by atoms with E-state index in [0.29, 0.717) is 18.8 Å². The Bertz CT molecular complexity index is 815. The molecule has 0 spiro atoms. The molecule has 1 saturated heterocycles. The zero-order valence-corrected chi connectivity index (χ0v) is 15.3. The smallest absolute Gasteiger partial charge is 0.337 e. The lowest BCUT2D eigenvalue weighted by Crippen LogP contribution is -2.41. The molecular weight excluding hydrogens is 320 g/mol. The van der Waals surface area contributed by atoms with Crippen LogP contribution in [-0.2, 0) is 13.6 Å². The van der Waals surface area contributed by atoms with Gasteiger partial charge in [-0.1, -0.05) is 0 Å². The van der Waals surface area contributed by atoms with Crippen molar-refractivity contribution < 1.29 is 4.79 Å². The van der Waals surface area contributed by atoms with Crippen molar-refractivity contribution in [1.29, 1.82) is 0 Å². The highest BCUT2D eigenvalue weighted by Crippen LogP contribution is 2.27. The molecule has 0 radical (unpaired) electrons. The van der Waals surface area contributed by atoms with Gasteiger partial charge in [0, 0.05) is 44.8 Å². The Kier molecular flexibility index (Phi) is 4.78. The van der Waals surface area contributed by atoms with Crippen LogP contribution in [0.2, 0.25) is 0 Å². The number of hydrogen-bond donors (Lipinski definition) is 0. The van der Waals surface area contributed by atoms with Crippen LogP contribution in [0.1, 0.15) is 61.9 Å². The molecule has 1 unspecified atom stereocenters. The summed E-state index contributed by atoms with van der Waals surface area (Å²) in [6, 6.07) is 1.81. The summed E-state index contributed by atoms with van der Waals surface area (Å²) >= 11 is 0. The van der Waals surface area contributed by atoms with Gasteiger partial charge in [-0.15, -0.1) is 0 Å². The van der Waals surface area contributed by atoms with Gasteiger partial charge in [0.05, 0.1) is 0 Å². The molecule has 1 amide bonds. The Morgan fingerprint density at radius 1 is 1.40 bits per heavy atom. The van der Waals surface area contributed by atoms with Crippen molar-refractivity contribution in [3.05, 3.63) is 34.3 Å². The second kappa shape index (κ2) is 6.85. The molecule has 0 aromatic carbocycles. The SMILES string of the molecule is CCn1nccc1C(=O)N1CCCC(c2nn(C)c(=O)n2C(C)C)C1. The largest absolute Gasteiger partial charge is 0.345 e. The fraction of sp³-hybridized carbons (Fsp3) is 0.647. The number of rotatable bonds is 4. The van der Waals surface area contributed by atoms with Crippen LogP contribution in [-0.4, -0.2) is 48.0 Å². The number of aryl methyl sites for hydroxylation is 2. The van der Waals surface area contributed by atoms with Gasteiger partial charge in [-0.25, -0.2) is 9.48 Å². The van der Waals surface area contributed by atoms with Crippen molar-refractivity contribution >= 4 is 5.91 Å². The lowest BCUT2D eigenvalue weighted by Gasteiger charge is -2.32. The Labute approximate surface area is 147 Å². The Hall–Kier alpha value is -2.38. The molecule has 0 bridgehead atoms. The van der Waals surface area contributed by atoms with E-state index in [0.717, 1.165) is 25.2 Å². The molecule has 1 atom stereocenters. The summed E-state index contributed by atoms with van der Waals surface area (Å²) in [5.41, 5.74) is 0.517. The maximum absolute atomic E-state index is 12.9. The van der Waals surface area contributed by atoms with Crippen LogP contribution in [0, 0.1) is 0 Å². The number of carbonyl (C=O) groups is 1. The van der Waals surface area contributed by atoms with Crippen LogP contribution in [0.15, 0.2) is 17.1 Å². The maximum Gasteiger partial charge on any atom is 0.345 e. The fourth-order valence-corrected chi connectivity index (χ4v) is 3.56. The summed E-state index contributed by atoms with van der Waals surface area (Å²) in [6.45, 7) is 7.91. The van der Waals surface area contributed by atoms with Gasteiger partial charge in [0.1, 0.15) is 11.5 Å². The second-order valence-electron chi connectivity index (χ2n) is 6.85. The summed E-state index contributed by atoms with van der Waals surface area (Å²) in [4.78, 5) is 27.1. The number of carbonyl (C=O) groups excluding carboxylic acids is 1. The molecule has 3 heterocycles. The fourth-order valence-electron chi connectivity index (χ4n) is 3.56. The van der Waals surface area contributed by atoms with E-state index in [1.807, 2.05) is 25.7 Å². The predicted molar refractivity (Wildman–Crippen MR) is 93.6 cm³/mol. The van der Waals surface area contributed by atoms with E-state index in [2.05, 4.69) is 10.2 Å². The minimum Gasteiger partial charge on any atom is -0.337 e. The molecule has 0 saturated carbocycles. The van der Waals surface area contributed by atoms with Crippen molar-refractivity contribution in [2.45, 2.75) is 52.1 Å². The van der Waals surface area contributed by atoms with Crippen molar-refractivity contribution in [2.24, 2.45) is 7.05 Å². The molecule has 1 aliphatic rings. The number of likely N-dealkylation sites (tertiary alicyclic amines) is 1. The normalized spacial score (nSPS) is 18.1. The van der Waals surface area contributed by atoms with E-state index in [4.69, 9.17) is 0 Å². The van der Waals surface area contributed by atoms with Crippen LogP contribution < -0.4 is 5.69 Å². The second-order valence-corrected chi connectivity index (χ2v) is 6.85. The zero-order valence-electron chi connectivity index (χ0n) is 15.3. The van der Waals surface area contributed by atoms with Crippen molar-refractivity contribution in [3.8, 4) is 0 Å². The van der Waals surface area contributed by atoms with Crippen LogP contribution in [0.5, 0.6) is 0 Å². The van der Waals surface area contributed by atoms with Gasteiger partial charge in [0.15, 0.2) is 0 Å². The number of piperidine rings is 1. The first-order valence-corrected chi connectivity index (χ1v) is 8.90. The Morgan fingerprint density at radius 3 is 2.84 bits per heavy atom. The molecule has 8 heteroatoms. The molecule has 0 aliphatic carbocycles. The predicted octanol–water partition coefficient (Wildman–Crippen LogP) is 1.40. The summed E-state index contributed by atoms with van der Waals surface area (Å²) in [7, 11) is 1.68. The van der Waals surface area contributed by atoms with Crippen molar-refractivity contribution in [3.63, 3.8) is 0 Å². The molecular formula is C17H26N6O2. The molecule has 0 N–H and O–H groups in total. The first kappa shape index (κ1) is 17.4. The molecule has 25 heavy (non-hydrogen) atoms. The third-order valence-electron chi connectivity index (χ3n) is 4.81. The van der Waals surface area contributed by atoms with Crippen molar-refractivity contribution in [2.75, 3.05) is 13.1 Å². The van der Waals surface area contributed by atoms with E-state index in [1.165, 1.54) is 4.68 Å². The Balaban J connectivity index is 1.86. The van der Waals surface area contributed by atoms with Gasteiger partial charge in [-0.3, -0.25) is 14.0 Å². The number of hydrogen-bond acceptors (Lipinski definition) is 4. The molecule has 3 rings (SSSR count). The molecule has 1 aliphatic heterocycles. The Morgan fingerprint density at radius 2 is 2.16 bits per heavy atom. The van der Waals surface area contributed by atoms with Crippen LogP contribution >= 0.6 is 0 Å². The van der Waals surface area contributed by atoms with Crippen LogP contribution in [0.3, 0.4) is 0 Å². The number of aromatic nitrogens is 5. The minimum absolute atomic E-state index is 0.00146. The average Bonchev–Trinajstić information content (AvgIpc) is 3.19. The minimum atomic E-state index is -0.0995. The molecule has 1 fully saturated rings. The third kappa shape index (κ3) is 3.12. The van der Waals surface area contributed by atoms with Gasteiger partial charge in [0.2, 0.25) is 0 Å². The third-order valence-corrected chi connectivity index (χ3v) is 4.81. The summed E-state index contributed by atoms with van der Waals surface area (Å²) in [5, 5.41) is 8.65. The molecule has 136 valence electrons.